The summed E-state index contributed by atoms with van der Waals surface area (Å²) >= 11 is 1.80. The van der Waals surface area contributed by atoms with Crippen molar-refractivity contribution in [3.63, 3.8) is 0 Å². The predicted octanol–water partition coefficient (Wildman–Crippen LogP) is 1.96. The van der Waals surface area contributed by atoms with Crippen molar-refractivity contribution in [2.75, 3.05) is 31.6 Å². The van der Waals surface area contributed by atoms with Gasteiger partial charge in [-0.2, -0.15) is 0 Å². The minimum Gasteiger partial charge on any atom is -0.481 e. The smallest absolute Gasteiger partial charge is 0.227 e. The second-order valence-electron chi connectivity index (χ2n) is 6.23. The van der Waals surface area contributed by atoms with Crippen LogP contribution in [0.2, 0.25) is 0 Å². The van der Waals surface area contributed by atoms with Gasteiger partial charge in [-0.3, -0.25) is 4.79 Å². The number of hydrogen-bond acceptors (Lipinski definition) is 6. The quantitative estimate of drug-likeness (QED) is 0.852. The topological polar surface area (TPSA) is 58.6 Å². The Morgan fingerprint density at radius 1 is 1.38 bits per heavy atom. The molecule has 1 atom stereocenters. The summed E-state index contributed by atoms with van der Waals surface area (Å²) in [5.41, 5.74) is 1.31. The van der Waals surface area contributed by atoms with Crippen molar-refractivity contribution in [2.45, 2.75) is 19.4 Å². The Balaban J connectivity index is 1.42. The van der Waals surface area contributed by atoms with Gasteiger partial charge in [0, 0.05) is 37.1 Å². The first-order valence-electron chi connectivity index (χ1n) is 8.19. The number of ether oxygens (including phenoxy) is 1. The van der Waals surface area contributed by atoms with Gasteiger partial charge in [-0.1, -0.05) is 0 Å². The molecular weight excluding hydrogens is 324 g/mol. The molecule has 4 heterocycles. The zero-order chi connectivity index (χ0) is 16.5. The number of hydrogen-bond donors (Lipinski definition) is 0. The van der Waals surface area contributed by atoms with Crippen molar-refractivity contribution in [3.8, 4) is 5.88 Å². The molecule has 7 heteroatoms. The van der Waals surface area contributed by atoms with Crippen LogP contribution >= 0.6 is 11.3 Å². The van der Waals surface area contributed by atoms with Gasteiger partial charge in [0.15, 0.2) is 0 Å². The van der Waals surface area contributed by atoms with E-state index in [1.165, 1.54) is 16.8 Å². The van der Waals surface area contributed by atoms with Crippen molar-refractivity contribution in [1.82, 2.24) is 14.9 Å². The fourth-order valence-electron chi connectivity index (χ4n) is 3.48. The van der Waals surface area contributed by atoms with Gasteiger partial charge in [0.2, 0.25) is 11.8 Å². The number of amides is 1. The summed E-state index contributed by atoms with van der Waals surface area (Å²) in [6.45, 7) is 3.15. The van der Waals surface area contributed by atoms with Crippen LogP contribution in [0.4, 0.5) is 5.82 Å². The van der Waals surface area contributed by atoms with Crippen molar-refractivity contribution in [2.24, 2.45) is 5.92 Å². The molecule has 126 valence electrons. The first-order chi connectivity index (χ1) is 11.7. The van der Waals surface area contributed by atoms with Crippen LogP contribution in [0.5, 0.6) is 5.88 Å². The molecule has 2 aliphatic rings. The number of thiophene rings is 1. The van der Waals surface area contributed by atoms with Gasteiger partial charge < -0.3 is 14.5 Å². The Hall–Kier alpha value is -2.15. The summed E-state index contributed by atoms with van der Waals surface area (Å²) in [6, 6.07) is 3.97. The Kier molecular flexibility index (Phi) is 4.10. The molecule has 1 amide bonds. The van der Waals surface area contributed by atoms with E-state index < -0.39 is 0 Å². The second-order valence-corrected chi connectivity index (χ2v) is 7.23. The maximum Gasteiger partial charge on any atom is 0.227 e. The molecule has 0 saturated carbocycles. The molecule has 1 unspecified atom stereocenters. The van der Waals surface area contributed by atoms with E-state index in [1.807, 2.05) is 11.0 Å². The molecule has 0 radical (unpaired) electrons. The van der Waals surface area contributed by atoms with E-state index in [0.29, 0.717) is 12.4 Å². The fourth-order valence-corrected chi connectivity index (χ4v) is 4.37. The second kappa shape index (κ2) is 6.39. The monoisotopic (exact) mass is 344 g/mol. The number of nitrogens with zero attached hydrogens (tertiary/aromatic N) is 4. The third kappa shape index (κ3) is 2.84. The Bertz CT molecular complexity index is 748. The van der Waals surface area contributed by atoms with Crippen LogP contribution in [-0.4, -0.2) is 47.5 Å². The van der Waals surface area contributed by atoms with Crippen LogP contribution < -0.4 is 9.64 Å². The van der Waals surface area contributed by atoms with E-state index in [-0.39, 0.29) is 11.8 Å². The summed E-state index contributed by atoms with van der Waals surface area (Å²) in [7, 11) is 1.59. The van der Waals surface area contributed by atoms with E-state index in [0.717, 1.165) is 38.3 Å². The highest BCUT2D eigenvalue weighted by molar-refractivity contribution is 7.10. The summed E-state index contributed by atoms with van der Waals surface area (Å²) < 4.78 is 5.16. The minimum absolute atomic E-state index is 0.0474. The number of carbonyl (C=O) groups is 1. The van der Waals surface area contributed by atoms with E-state index in [2.05, 4.69) is 26.3 Å². The summed E-state index contributed by atoms with van der Waals surface area (Å²) in [5.74, 6) is 1.70. The number of fused-ring (bicyclic) bond motifs is 1. The maximum atomic E-state index is 12.9. The summed E-state index contributed by atoms with van der Waals surface area (Å²) in [5, 5.41) is 2.12. The maximum absolute atomic E-state index is 12.9. The molecule has 0 bridgehead atoms. The van der Waals surface area contributed by atoms with Crippen molar-refractivity contribution in [3.05, 3.63) is 34.3 Å². The SMILES string of the molecule is COc1cc(N2CCC(C(=O)N3CCc4sccc4C3)C2)ncn1. The average Bonchev–Trinajstić information content (AvgIpc) is 3.29. The van der Waals surface area contributed by atoms with E-state index in [9.17, 15) is 4.79 Å². The highest BCUT2D eigenvalue weighted by atomic mass is 32.1. The number of carbonyl (C=O) groups excluding carboxylic acids is 1. The molecule has 2 aliphatic heterocycles. The molecule has 4 rings (SSSR count). The van der Waals surface area contributed by atoms with Crippen molar-refractivity contribution < 1.29 is 9.53 Å². The van der Waals surface area contributed by atoms with Gasteiger partial charge in [0.05, 0.1) is 13.0 Å². The molecule has 24 heavy (non-hydrogen) atoms. The van der Waals surface area contributed by atoms with Crippen LogP contribution in [0.15, 0.2) is 23.8 Å². The third-order valence-corrected chi connectivity index (χ3v) is 5.84. The molecule has 0 spiro atoms. The fraction of sp³-hybridized carbons (Fsp3) is 0.471. The Morgan fingerprint density at radius 2 is 2.29 bits per heavy atom. The molecule has 2 aromatic heterocycles. The Labute approximate surface area is 145 Å². The van der Waals surface area contributed by atoms with Crippen LogP contribution in [0.1, 0.15) is 16.9 Å². The molecule has 0 N–H and O–H groups in total. The first kappa shape index (κ1) is 15.4. The minimum atomic E-state index is 0.0474. The van der Waals surface area contributed by atoms with Crippen molar-refractivity contribution in [1.29, 1.82) is 0 Å². The molecule has 6 nitrogen and oxygen atoms in total. The zero-order valence-corrected chi connectivity index (χ0v) is 14.5. The lowest BCUT2D eigenvalue weighted by Crippen LogP contribution is -2.40. The van der Waals surface area contributed by atoms with Gasteiger partial charge in [0.1, 0.15) is 12.1 Å². The van der Waals surface area contributed by atoms with E-state index >= 15 is 0 Å². The average molecular weight is 344 g/mol. The number of aromatic nitrogens is 2. The number of rotatable bonds is 3. The van der Waals surface area contributed by atoms with Crippen LogP contribution in [0.3, 0.4) is 0 Å². The standard InChI is InChI=1S/C17H20N4O2S/c1-23-16-8-15(18-11-19-16)20-5-2-13(10-20)17(22)21-6-3-14-12(9-21)4-7-24-14/h4,7-8,11,13H,2-3,5-6,9-10H2,1H3. The zero-order valence-electron chi connectivity index (χ0n) is 13.6. The van der Waals surface area contributed by atoms with Crippen molar-refractivity contribution >= 4 is 23.1 Å². The largest absolute Gasteiger partial charge is 0.481 e. The lowest BCUT2D eigenvalue weighted by Gasteiger charge is -2.29. The highest BCUT2D eigenvalue weighted by Gasteiger charge is 2.33. The van der Waals surface area contributed by atoms with Gasteiger partial charge >= 0.3 is 0 Å². The molecular formula is C17H20N4O2S. The molecule has 1 saturated heterocycles. The van der Waals surface area contributed by atoms with Gasteiger partial charge in [-0.25, -0.2) is 9.97 Å². The summed E-state index contributed by atoms with van der Waals surface area (Å²) in [6.07, 6.45) is 3.36. The van der Waals surface area contributed by atoms with Crippen LogP contribution in [0.25, 0.3) is 0 Å². The number of anilines is 1. The lowest BCUT2D eigenvalue weighted by atomic mass is 10.0. The molecule has 0 aliphatic carbocycles. The van der Waals surface area contributed by atoms with E-state index in [1.54, 1.807) is 18.4 Å². The van der Waals surface area contributed by atoms with Gasteiger partial charge in [0.25, 0.3) is 0 Å². The van der Waals surface area contributed by atoms with Crippen LogP contribution in [-0.2, 0) is 17.8 Å². The lowest BCUT2D eigenvalue weighted by molar-refractivity contribution is -0.135. The molecule has 1 fully saturated rings. The molecule has 0 aromatic carbocycles. The Morgan fingerprint density at radius 3 is 3.17 bits per heavy atom. The van der Waals surface area contributed by atoms with E-state index in [4.69, 9.17) is 4.74 Å². The van der Waals surface area contributed by atoms with Gasteiger partial charge in [-0.05, 0) is 29.9 Å². The first-order valence-corrected chi connectivity index (χ1v) is 9.07. The van der Waals surface area contributed by atoms with Crippen LogP contribution in [0, 0.1) is 5.92 Å². The normalized spacial score (nSPS) is 20.1. The van der Waals surface area contributed by atoms with Gasteiger partial charge in [-0.15, -0.1) is 11.3 Å². The highest BCUT2D eigenvalue weighted by Crippen LogP contribution is 2.28. The molecule has 2 aromatic rings. The number of methoxy groups -OCH3 is 1. The summed E-state index contributed by atoms with van der Waals surface area (Å²) in [4.78, 5) is 26.8. The third-order valence-electron chi connectivity index (χ3n) is 4.82. The predicted molar refractivity (Wildman–Crippen MR) is 92.3 cm³/mol.